The van der Waals surface area contributed by atoms with Crippen LogP contribution in [-0.4, -0.2) is 22.8 Å². The first-order valence-electron chi connectivity index (χ1n) is 7.64. The lowest BCUT2D eigenvalue weighted by atomic mass is 10.2. The van der Waals surface area contributed by atoms with E-state index >= 15 is 0 Å². The van der Waals surface area contributed by atoms with Gasteiger partial charge in [0.05, 0.1) is 24.0 Å². The van der Waals surface area contributed by atoms with E-state index in [0.29, 0.717) is 11.3 Å². The largest absolute Gasteiger partial charge is 0.497 e. The van der Waals surface area contributed by atoms with E-state index in [1.54, 1.807) is 42.1 Å². The number of aryl methyl sites for hydroxylation is 1. The number of para-hydroxylation sites is 1. The van der Waals surface area contributed by atoms with E-state index in [1.807, 2.05) is 31.2 Å². The highest BCUT2D eigenvalue weighted by Gasteiger charge is 2.15. The maximum atomic E-state index is 12.5. The zero-order valence-corrected chi connectivity index (χ0v) is 13.9. The summed E-state index contributed by atoms with van der Waals surface area (Å²) < 4.78 is 6.83. The maximum absolute atomic E-state index is 12.5. The number of hydrogen-bond donors (Lipinski definition) is 1. The van der Waals surface area contributed by atoms with Crippen LogP contribution in [0.3, 0.4) is 0 Å². The van der Waals surface area contributed by atoms with Gasteiger partial charge in [0, 0.05) is 5.69 Å². The number of aromatic nitrogens is 2. The Bertz CT molecular complexity index is 952. The van der Waals surface area contributed by atoms with E-state index in [1.165, 1.54) is 0 Å². The van der Waals surface area contributed by atoms with Crippen molar-refractivity contribution in [1.29, 1.82) is 5.26 Å². The fourth-order valence-electron chi connectivity index (χ4n) is 2.45. The number of anilines is 1. The zero-order valence-electron chi connectivity index (χ0n) is 13.9. The predicted octanol–water partition coefficient (Wildman–Crippen LogP) is 3.31. The van der Waals surface area contributed by atoms with Crippen LogP contribution in [0.2, 0.25) is 0 Å². The van der Waals surface area contributed by atoms with Crippen LogP contribution in [0.1, 0.15) is 21.7 Å². The summed E-state index contributed by atoms with van der Waals surface area (Å²) in [7, 11) is 1.61. The number of amides is 1. The van der Waals surface area contributed by atoms with Crippen molar-refractivity contribution in [2.45, 2.75) is 6.92 Å². The molecule has 6 nitrogen and oxygen atoms in total. The van der Waals surface area contributed by atoms with Crippen LogP contribution in [0.4, 0.5) is 5.69 Å². The van der Waals surface area contributed by atoms with Gasteiger partial charge in [0.2, 0.25) is 0 Å². The summed E-state index contributed by atoms with van der Waals surface area (Å²) in [6.07, 6.45) is 0. The standard InChI is InChI=1S/C19H16N4O2/c1-13-11-18(19(24)21-17-6-4-3-5-14(17)12-20)22-23(13)15-7-9-16(25-2)10-8-15/h3-11H,1-2H3,(H,21,24). The lowest BCUT2D eigenvalue weighted by Gasteiger charge is -2.06. The monoisotopic (exact) mass is 332 g/mol. The van der Waals surface area contributed by atoms with Crippen molar-refractivity contribution in [1.82, 2.24) is 9.78 Å². The van der Waals surface area contributed by atoms with Crippen molar-refractivity contribution in [3.05, 3.63) is 71.5 Å². The second-order valence-electron chi connectivity index (χ2n) is 5.39. The lowest BCUT2D eigenvalue weighted by Crippen LogP contribution is -2.14. The Morgan fingerprint density at radius 1 is 1.20 bits per heavy atom. The van der Waals surface area contributed by atoms with Crippen LogP contribution in [0.15, 0.2) is 54.6 Å². The topological polar surface area (TPSA) is 79.9 Å². The van der Waals surface area contributed by atoms with E-state index in [-0.39, 0.29) is 11.6 Å². The zero-order chi connectivity index (χ0) is 17.8. The molecule has 0 unspecified atom stereocenters. The fraction of sp³-hybridized carbons (Fsp3) is 0.105. The van der Waals surface area contributed by atoms with Gasteiger partial charge in [-0.1, -0.05) is 12.1 Å². The Balaban J connectivity index is 1.86. The molecule has 3 rings (SSSR count). The molecular weight excluding hydrogens is 316 g/mol. The molecule has 0 radical (unpaired) electrons. The summed E-state index contributed by atoms with van der Waals surface area (Å²) in [5.74, 6) is 0.387. The van der Waals surface area contributed by atoms with E-state index in [9.17, 15) is 4.79 Å². The lowest BCUT2D eigenvalue weighted by molar-refractivity contribution is 0.102. The molecule has 0 saturated carbocycles. The molecule has 124 valence electrons. The Kier molecular flexibility index (Phi) is 4.48. The molecule has 0 spiro atoms. The van der Waals surface area contributed by atoms with E-state index in [4.69, 9.17) is 10.00 Å². The summed E-state index contributed by atoms with van der Waals surface area (Å²) in [6.45, 7) is 1.87. The van der Waals surface area contributed by atoms with Crippen molar-refractivity contribution in [2.24, 2.45) is 0 Å². The summed E-state index contributed by atoms with van der Waals surface area (Å²) in [5.41, 5.74) is 2.80. The molecule has 0 aliphatic rings. The van der Waals surface area contributed by atoms with Gasteiger partial charge in [0.25, 0.3) is 5.91 Å². The Morgan fingerprint density at radius 3 is 2.60 bits per heavy atom. The van der Waals surface area contributed by atoms with Crippen molar-refractivity contribution < 1.29 is 9.53 Å². The molecular formula is C19H16N4O2. The molecule has 0 bridgehead atoms. The molecule has 0 fully saturated rings. The average Bonchev–Trinajstić information content (AvgIpc) is 3.04. The second-order valence-corrected chi connectivity index (χ2v) is 5.39. The molecule has 25 heavy (non-hydrogen) atoms. The molecule has 1 heterocycles. The van der Waals surface area contributed by atoms with Crippen LogP contribution >= 0.6 is 0 Å². The molecule has 2 aromatic carbocycles. The van der Waals surface area contributed by atoms with Gasteiger partial charge in [-0.25, -0.2) is 4.68 Å². The number of rotatable bonds is 4. The summed E-state index contributed by atoms with van der Waals surface area (Å²) in [5, 5.41) is 16.2. The number of nitrogens with zero attached hydrogens (tertiary/aromatic N) is 3. The van der Waals surface area contributed by atoms with Gasteiger partial charge in [-0.3, -0.25) is 4.79 Å². The predicted molar refractivity (Wildman–Crippen MR) is 94.0 cm³/mol. The first-order valence-corrected chi connectivity index (χ1v) is 7.64. The van der Waals surface area contributed by atoms with Crippen molar-refractivity contribution in [3.8, 4) is 17.5 Å². The SMILES string of the molecule is COc1ccc(-n2nc(C(=O)Nc3ccccc3C#N)cc2C)cc1. The first kappa shape index (κ1) is 16.3. The van der Waals surface area contributed by atoms with Crippen molar-refractivity contribution in [3.63, 3.8) is 0 Å². The normalized spacial score (nSPS) is 10.1. The molecule has 3 aromatic rings. The van der Waals surface area contributed by atoms with E-state index in [2.05, 4.69) is 16.5 Å². The molecule has 0 saturated heterocycles. The van der Waals surface area contributed by atoms with Crippen LogP contribution in [0.5, 0.6) is 5.75 Å². The van der Waals surface area contributed by atoms with Gasteiger partial charge in [-0.2, -0.15) is 10.4 Å². The smallest absolute Gasteiger partial charge is 0.276 e. The highest BCUT2D eigenvalue weighted by atomic mass is 16.5. The molecule has 0 aliphatic carbocycles. The minimum Gasteiger partial charge on any atom is -0.497 e. The number of carbonyl (C=O) groups is 1. The van der Waals surface area contributed by atoms with Crippen LogP contribution in [0, 0.1) is 18.3 Å². The molecule has 1 N–H and O–H groups in total. The number of benzene rings is 2. The minimum atomic E-state index is -0.363. The van der Waals surface area contributed by atoms with E-state index in [0.717, 1.165) is 17.1 Å². The molecule has 1 aromatic heterocycles. The first-order chi connectivity index (χ1) is 12.1. The van der Waals surface area contributed by atoms with Gasteiger partial charge in [-0.15, -0.1) is 0 Å². The summed E-state index contributed by atoms with van der Waals surface area (Å²) in [4.78, 5) is 12.5. The third-order valence-corrected chi connectivity index (χ3v) is 3.73. The number of nitrogens with one attached hydrogen (secondary N) is 1. The fourth-order valence-corrected chi connectivity index (χ4v) is 2.45. The summed E-state index contributed by atoms with van der Waals surface area (Å²) >= 11 is 0. The van der Waals surface area contributed by atoms with Gasteiger partial charge < -0.3 is 10.1 Å². The van der Waals surface area contributed by atoms with Crippen molar-refractivity contribution in [2.75, 3.05) is 12.4 Å². The Hall–Kier alpha value is -3.59. The van der Waals surface area contributed by atoms with Gasteiger partial charge >= 0.3 is 0 Å². The molecule has 1 amide bonds. The third-order valence-electron chi connectivity index (χ3n) is 3.73. The number of ether oxygens (including phenoxy) is 1. The molecule has 0 aliphatic heterocycles. The second kappa shape index (κ2) is 6.89. The van der Waals surface area contributed by atoms with Gasteiger partial charge in [0.1, 0.15) is 11.8 Å². The Morgan fingerprint density at radius 2 is 1.92 bits per heavy atom. The summed E-state index contributed by atoms with van der Waals surface area (Å²) in [6, 6.07) is 18.0. The Labute approximate surface area is 145 Å². The minimum absolute atomic E-state index is 0.279. The van der Waals surface area contributed by atoms with Gasteiger partial charge in [-0.05, 0) is 49.4 Å². The highest BCUT2D eigenvalue weighted by molar-refractivity contribution is 6.03. The van der Waals surface area contributed by atoms with Crippen LogP contribution < -0.4 is 10.1 Å². The van der Waals surface area contributed by atoms with E-state index < -0.39 is 0 Å². The highest BCUT2D eigenvalue weighted by Crippen LogP contribution is 2.18. The number of nitriles is 1. The number of carbonyl (C=O) groups excluding carboxylic acids is 1. The van der Waals surface area contributed by atoms with Crippen LogP contribution in [0.25, 0.3) is 5.69 Å². The average molecular weight is 332 g/mol. The number of hydrogen-bond acceptors (Lipinski definition) is 4. The number of methoxy groups -OCH3 is 1. The quantitative estimate of drug-likeness (QED) is 0.795. The molecule has 6 heteroatoms. The maximum Gasteiger partial charge on any atom is 0.276 e. The van der Waals surface area contributed by atoms with Crippen molar-refractivity contribution >= 4 is 11.6 Å². The molecule has 0 atom stereocenters. The van der Waals surface area contributed by atoms with Crippen LogP contribution in [-0.2, 0) is 0 Å². The third kappa shape index (κ3) is 3.35. The van der Waals surface area contributed by atoms with Gasteiger partial charge in [0.15, 0.2) is 5.69 Å².